The standard InChI is InChI=1S/C24H21N3O11S5/c28-18(29)4-6-26-22(33)20(42-24(26)39)23-27(10-19(30)31)21(32)15(41-23)2-3-17-25(5-1-7-43(34,35)36)12-8-13-14(38-11-37-13)9-16(12)40-17/h2-3,8-9H,1,4-7,10-11H2,(H,28,29)(H,30,31)(H,34,35,36)/b15-2?,17-3?,23-20-. The summed E-state index contributed by atoms with van der Waals surface area (Å²) in [6.07, 6.45) is 2.84. The Kier molecular flexibility index (Phi) is 8.91. The van der Waals surface area contributed by atoms with E-state index in [1.807, 2.05) is 0 Å². The number of thiazole rings is 1. The average molecular weight is 688 g/mol. The molecule has 5 rings (SSSR count). The molecule has 1 saturated heterocycles. The maximum Gasteiger partial charge on any atom is 0.323 e. The van der Waals surface area contributed by atoms with Crippen LogP contribution >= 0.6 is 47.1 Å². The van der Waals surface area contributed by atoms with Crippen LogP contribution in [0.4, 0.5) is 5.69 Å². The third-order valence-corrected chi connectivity index (χ3v) is 10.8. The number of rotatable bonds is 10. The highest BCUT2D eigenvalue weighted by Gasteiger charge is 2.34. The van der Waals surface area contributed by atoms with Crippen LogP contribution in [0.2, 0.25) is 0 Å². The van der Waals surface area contributed by atoms with E-state index in [4.69, 9.17) is 26.8 Å². The van der Waals surface area contributed by atoms with Gasteiger partial charge in [-0.25, -0.2) is 0 Å². The van der Waals surface area contributed by atoms with Gasteiger partial charge in [0, 0.05) is 30.1 Å². The molecule has 228 valence electrons. The molecule has 0 unspecified atom stereocenters. The van der Waals surface area contributed by atoms with E-state index in [9.17, 15) is 37.3 Å². The summed E-state index contributed by atoms with van der Waals surface area (Å²) in [4.78, 5) is 52.8. The van der Waals surface area contributed by atoms with Crippen LogP contribution in [0, 0.1) is 0 Å². The molecule has 0 radical (unpaired) electrons. The van der Waals surface area contributed by atoms with Crippen molar-refractivity contribution in [3.8, 4) is 11.5 Å². The summed E-state index contributed by atoms with van der Waals surface area (Å²) in [5.41, 5.74) is 0.0483. The van der Waals surface area contributed by atoms with Gasteiger partial charge in [-0.3, -0.25) is 33.2 Å². The van der Waals surface area contributed by atoms with Crippen LogP contribution in [-0.2, 0) is 31.0 Å². The van der Waals surface area contributed by atoms with Crippen molar-refractivity contribution in [2.45, 2.75) is 24.3 Å². The SMILES string of the molecule is O=C(O)CCN1C(=O)/C(=c2/sc(=CC=C3Sc4cc5c(cc4N3CCCS(=O)(=O)O)OCO5)c(=O)n2CC(=O)O)SC1=S. The lowest BCUT2D eigenvalue weighted by molar-refractivity contribution is -0.138. The lowest BCUT2D eigenvalue weighted by atomic mass is 10.2. The molecule has 0 saturated carbocycles. The second kappa shape index (κ2) is 12.3. The van der Waals surface area contributed by atoms with E-state index >= 15 is 0 Å². The molecule has 0 spiro atoms. The first-order valence-corrected chi connectivity index (χ1v) is 16.8. The van der Waals surface area contributed by atoms with E-state index in [0.29, 0.717) is 22.2 Å². The van der Waals surface area contributed by atoms with Crippen molar-refractivity contribution in [3.63, 3.8) is 0 Å². The largest absolute Gasteiger partial charge is 0.481 e. The van der Waals surface area contributed by atoms with Gasteiger partial charge >= 0.3 is 11.9 Å². The van der Waals surface area contributed by atoms with Gasteiger partial charge in [0.2, 0.25) is 6.79 Å². The zero-order valence-corrected chi connectivity index (χ0v) is 25.8. The summed E-state index contributed by atoms with van der Waals surface area (Å²) in [6, 6.07) is 3.53. The smallest absolute Gasteiger partial charge is 0.323 e. The van der Waals surface area contributed by atoms with Crippen molar-refractivity contribution >= 4 is 96.0 Å². The number of ether oxygens (including phenoxy) is 2. The number of anilines is 1. The molecule has 3 N–H and O–H groups in total. The van der Waals surface area contributed by atoms with Crippen LogP contribution in [-0.4, -0.2) is 80.5 Å². The Balaban J connectivity index is 1.56. The molecule has 0 bridgehead atoms. The Morgan fingerprint density at radius 3 is 2.42 bits per heavy atom. The number of thioether (sulfide) groups is 2. The number of benzene rings is 1. The molecule has 3 aliphatic rings. The maximum atomic E-state index is 13.3. The van der Waals surface area contributed by atoms with Crippen molar-refractivity contribution < 1.29 is 47.0 Å². The summed E-state index contributed by atoms with van der Waals surface area (Å²) >= 11 is 8.31. The van der Waals surface area contributed by atoms with Crippen LogP contribution in [0.25, 0.3) is 11.0 Å². The van der Waals surface area contributed by atoms with E-state index in [-0.39, 0.29) is 51.1 Å². The lowest BCUT2D eigenvalue weighted by Crippen LogP contribution is -2.36. The molecule has 4 heterocycles. The fourth-order valence-electron chi connectivity index (χ4n) is 4.31. The first kappa shape index (κ1) is 31.1. The van der Waals surface area contributed by atoms with Gasteiger partial charge in [-0.2, -0.15) is 8.42 Å². The first-order valence-electron chi connectivity index (χ1n) is 12.3. The molecule has 43 heavy (non-hydrogen) atoms. The van der Waals surface area contributed by atoms with Gasteiger partial charge in [-0.05, 0) is 18.6 Å². The fourth-order valence-corrected chi connectivity index (χ4v) is 8.41. The van der Waals surface area contributed by atoms with Gasteiger partial charge in [-0.1, -0.05) is 35.7 Å². The van der Waals surface area contributed by atoms with Crippen molar-refractivity contribution in [1.82, 2.24) is 9.47 Å². The highest BCUT2D eigenvalue weighted by atomic mass is 32.2. The van der Waals surface area contributed by atoms with Gasteiger partial charge < -0.3 is 24.6 Å². The molecular weight excluding hydrogens is 667 g/mol. The quantitative estimate of drug-likeness (QED) is 0.233. The Bertz CT molecular complexity index is 1880. The van der Waals surface area contributed by atoms with Crippen molar-refractivity contribution in [1.29, 1.82) is 0 Å². The fraction of sp³-hybridized carbons (Fsp3) is 0.292. The minimum atomic E-state index is -4.19. The normalized spacial score (nSPS) is 18.7. The van der Waals surface area contributed by atoms with Crippen molar-refractivity contribution in [3.05, 3.63) is 42.8 Å². The van der Waals surface area contributed by atoms with Crippen molar-refractivity contribution in [2.75, 3.05) is 30.5 Å². The monoisotopic (exact) mass is 687 g/mol. The van der Waals surface area contributed by atoms with Crippen LogP contribution < -0.4 is 29.1 Å². The summed E-state index contributed by atoms with van der Waals surface area (Å²) in [5, 5.41) is 19.1. The number of hydrogen-bond acceptors (Lipinski definition) is 13. The Labute approximate surface area is 260 Å². The Morgan fingerprint density at radius 1 is 1.02 bits per heavy atom. The second-order valence-corrected chi connectivity index (χ2v) is 14.4. The van der Waals surface area contributed by atoms with E-state index < -0.39 is 45.8 Å². The number of carbonyl (C=O) groups excluding carboxylic acids is 1. The van der Waals surface area contributed by atoms with Crippen LogP contribution in [0.15, 0.2) is 32.9 Å². The molecule has 1 aromatic carbocycles. The molecule has 2 aromatic rings. The summed E-state index contributed by atoms with van der Waals surface area (Å²) < 4.78 is 44.0. The lowest BCUT2D eigenvalue weighted by Gasteiger charge is -2.20. The van der Waals surface area contributed by atoms with E-state index in [0.717, 1.165) is 37.5 Å². The Hall–Kier alpha value is -3.36. The van der Waals surface area contributed by atoms with Gasteiger partial charge in [-0.15, -0.1) is 11.3 Å². The van der Waals surface area contributed by atoms with Crippen LogP contribution in [0.5, 0.6) is 11.5 Å². The molecule has 14 nitrogen and oxygen atoms in total. The summed E-state index contributed by atoms with van der Waals surface area (Å²) in [7, 11) is -4.19. The maximum absolute atomic E-state index is 13.3. The molecule has 0 atom stereocenters. The van der Waals surface area contributed by atoms with Crippen LogP contribution in [0.1, 0.15) is 12.8 Å². The molecule has 3 aliphatic heterocycles. The third-order valence-electron chi connectivity index (χ3n) is 6.18. The Morgan fingerprint density at radius 2 is 1.74 bits per heavy atom. The number of hydrogen-bond donors (Lipinski definition) is 3. The molecule has 1 amide bonds. The van der Waals surface area contributed by atoms with Gasteiger partial charge in [0.1, 0.15) is 20.4 Å². The predicted molar refractivity (Wildman–Crippen MR) is 162 cm³/mol. The first-order chi connectivity index (χ1) is 20.3. The van der Waals surface area contributed by atoms with E-state index in [1.165, 1.54) is 17.8 Å². The number of nitrogens with zero attached hydrogens (tertiary/aromatic N) is 3. The minimum absolute atomic E-state index is 0.0232. The van der Waals surface area contributed by atoms with Gasteiger partial charge in [0.15, 0.2) is 11.5 Å². The predicted octanol–water partition coefficient (Wildman–Crippen LogP) is 0.678. The number of thiocarbonyl (C=S) groups is 1. The summed E-state index contributed by atoms with van der Waals surface area (Å²) in [6.45, 7) is -0.631. The zero-order chi connectivity index (χ0) is 31.1. The minimum Gasteiger partial charge on any atom is -0.481 e. The topological polar surface area (TPSA) is 193 Å². The average Bonchev–Trinajstić information content (AvgIpc) is 3.65. The van der Waals surface area contributed by atoms with Gasteiger partial charge in [0.05, 0.1) is 27.4 Å². The van der Waals surface area contributed by atoms with E-state index in [2.05, 4.69) is 0 Å². The van der Waals surface area contributed by atoms with Crippen LogP contribution in [0.3, 0.4) is 0 Å². The molecule has 19 heteroatoms. The number of carbonyl (C=O) groups is 3. The summed E-state index contributed by atoms with van der Waals surface area (Å²) in [5.74, 6) is -2.46. The third kappa shape index (κ3) is 6.75. The molecule has 1 fully saturated rings. The van der Waals surface area contributed by atoms with E-state index in [1.54, 1.807) is 23.1 Å². The number of aromatic nitrogens is 1. The number of aliphatic carboxylic acids is 2. The second-order valence-electron chi connectivity index (χ2n) is 9.09. The number of carboxylic acid groups (broad SMARTS) is 2. The number of amides is 1. The van der Waals surface area contributed by atoms with Gasteiger partial charge in [0.25, 0.3) is 21.6 Å². The molecule has 1 aromatic heterocycles. The zero-order valence-electron chi connectivity index (χ0n) is 21.7. The highest BCUT2D eigenvalue weighted by Crippen LogP contribution is 2.51. The number of fused-ring (bicyclic) bond motifs is 2. The van der Waals surface area contributed by atoms with Crippen molar-refractivity contribution in [2.24, 2.45) is 0 Å². The number of carboxylic acids is 2. The molecular formula is C24H21N3O11S5. The highest BCUT2D eigenvalue weighted by molar-refractivity contribution is 8.30. The molecule has 0 aliphatic carbocycles. The number of allylic oxidation sites excluding steroid dienone is 1.